The van der Waals surface area contributed by atoms with Crippen molar-refractivity contribution in [2.45, 2.75) is 214 Å². The number of hydrogen-bond acceptors (Lipinski definition) is 18. The third-order valence-electron chi connectivity index (χ3n) is 17.9. The van der Waals surface area contributed by atoms with E-state index in [4.69, 9.17) is 4.74 Å². The van der Waals surface area contributed by atoms with Gasteiger partial charge < -0.3 is 40.9 Å². The third-order valence-corrected chi connectivity index (χ3v) is 23.5. The first-order chi connectivity index (χ1) is 44.7. The molecule has 6 fully saturated rings. The Hall–Kier alpha value is -6.84. The molecule has 0 bridgehead atoms. The number of thiazole rings is 2. The van der Waals surface area contributed by atoms with Crippen molar-refractivity contribution in [2.24, 2.45) is 11.8 Å². The Morgan fingerprint density at radius 2 is 1.04 bits per heavy atom. The molecule has 4 aromatic rings. The zero-order valence-electron chi connectivity index (χ0n) is 54.2. The number of hydrogen-bond donors (Lipinski definition) is 7. The van der Waals surface area contributed by atoms with Crippen LogP contribution in [-0.2, 0) is 53.6 Å². The maximum atomic E-state index is 14.4. The minimum atomic E-state index is -3.81. The Labute approximate surface area is 560 Å². The van der Waals surface area contributed by atoms with Crippen molar-refractivity contribution < 1.29 is 55.4 Å². The SMILES string of the molecule is C=C(C)C.CC(C)(C)O[C@@H]1C[C@H]2C(=O)N[C@]3(C(=O)NS(=O)(=O)C4CC4)C[C@H]3/C=C\CCCCC[C@H](Nc3ncc(-c4ccccc4)s3)C(=O)N2C1.O=C1N[C@]2(C(=O)NS(=O)(=O)C3CC3)C[C@H]2/C=C\CCCCC[C@H](Nc2ncc(-c3ccccc3)s2)C(=O)N2C[C@H](O)C[C@@H]12. The zero-order valence-corrected chi connectivity index (χ0v) is 57.5. The third kappa shape index (κ3) is 17.8. The highest BCUT2D eigenvalue weighted by atomic mass is 32.2. The second kappa shape index (κ2) is 29.7. The largest absolute Gasteiger partial charge is 0.391 e. The molecule has 7 N–H and O–H groups in total. The minimum Gasteiger partial charge on any atom is -0.391 e. The Morgan fingerprint density at radius 3 is 1.46 bits per heavy atom. The number of ether oxygens (including phenoxy) is 1. The number of fused-ring (bicyclic) bond motifs is 4. The summed E-state index contributed by atoms with van der Waals surface area (Å²) in [5.41, 5.74) is -0.0717. The summed E-state index contributed by atoms with van der Waals surface area (Å²) in [6.45, 7) is 13.5. The summed E-state index contributed by atoms with van der Waals surface area (Å²) in [5.74, 6) is -3.76. The summed E-state index contributed by atoms with van der Waals surface area (Å²) >= 11 is 2.91. The number of anilines is 2. The van der Waals surface area contributed by atoms with Crippen molar-refractivity contribution in [3.05, 3.63) is 110 Å². The minimum absolute atomic E-state index is 0.0131. The monoisotopic (exact) mass is 1370 g/mol. The molecular formula is C68H90N10O12S4. The summed E-state index contributed by atoms with van der Waals surface area (Å²) in [4.78, 5) is 97.1. The van der Waals surface area contributed by atoms with E-state index in [0.29, 0.717) is 55.2 Å². The Balaban J connectivity index is 0.000000195. The number of aliphatic hydroxyl groups excluding tert-OH is 1. The molecule has 12 rings (SSSR count). The molecule has 2 aromatic carbocycles. The highest BCUT2D eigenvalue weighted by Gasteiger charge is 2.63. The highest BCUT2D eigenvalue weighted by Crippen LogP contribution is 2.48. The molecule has 4 saturated carbocycles. The van der Waals surface area contributed by atoms with Gasteiger partial charge in [0.2, 0.25) is 43.7 Å². The molecule has 0 radical (unpaired) electrons. The van der Waals surface area contributed by atoms with Gasteiger partial charge in [0, 0.05) is 50.2 Å². The summed E-state index contributed by atoms with van der Waals surface area (Å²) < 4.78 is 61.3. The predicted octanol–water partition coefficient (Wildman–Crippen LogP) is 8.52. The van der Waals surface area contributed by atoms with Crippen LogP contribution in [0.15, 0.2) is 110 Å². The number of amides is 6. The van der Waals surface area contributed by atoms with E-state index in [2.05, 4.69) is 47.3 Å². The Kier molecular flexibility index (Phi) is 22.1. The summed E-state index contributed by atoms with van der Waals surface area (Å²) in [6, 6.07) is 16.6. The van der Waals surface area contributed by atoms with E-state index >= 15 is 0 Å². The number of allylic oxidation sites excluding steroid dienone is 3. The van der Waals surface area contributed by atoms with Gasteiger partial charge in [0.25, 0.3) is 11.8 Å². The maximum Gasteiger partial charge on any atom is 0.259 e. The van der Waals surface area contributed by atoms with E-state index < -0.39 is 107 Å². The van der Waals surface area contributed by atoms with Gasteiger partial charge >= 0.3 is 0 Å². The van der Waals surface area contributed by atoms with E-state index in [-0.39, 0.29) is 56.0 Å². The molecule has 508 valence electrons. The van der Waals surface area contributed by atoms with Gasteiger partial charge in [-0.2, -0.15) is 0 Å². The van der Waals surface area contributed by atoms with Crippen molar-refractivity contribution in [3.8, 4) is 20.9 Å². The first kappa shape index (κ1) is 70.0. The van der Waals surface area contributed by atoms with Gasteiger partial charge in [-0.05, 0) is 123 Å². The van der Waals surface area contributed by atoms with Gasteiger partial charge in [-0.25, -0.2) is 26.8 Å². The van der Waals surface area contributed by atoms with Crippen LogP contribution >= 0.6 is 22.7 Å². The lowest BCUT2D eigenvalue weighted by molar-refractivity contribution is -0.140. The average molecular weight is 1370 g/mol. The van der Waals surface area contributed by atoms with Crippen LogP contribution in [0.4, 0.5) is 10.3 Å². The fourth-order valence-corrected chi connectivity index (χ4v) is 17.1. The zero-order chi connectivity index (χ0) is 67.2. The maximum absolute atomic E-state index is 14.4. The number of aromatic nitrogens is 2. The number of benzene rings is 2. The van der Waals surface area contributed by atoms with Gasteiger partial charge in [0.05, 0.1) is 38.1 Å². The molecule has 6 heterocycles. The highest BCUT2D eigenvalue weighted by molar-refractivity contribution is 7.91. The Bertz CT molecular complexity index is 3700. The van der Waals surface area contributed by atoms with E-state index in [9.17, 15) is 50.7 Å². The Morgan fingerprint density at radius 1 is 0.628 bits per heavy atom. The van der Waals surface area contributed by atoms with Gasteiger partial charge in [0.15, 0.2) is 10.3 Å². The van der Waals surface area contributed by atoms with Crippen LogP contribution in [0.3, 0.4) is 0 Å². The molecular weight excluding hydrogens is 1280 g/mol. The molecule has 2 saturated heterocycles. The number of sulfonamides is 2. The molecule has 22 nitrogen and oxygen atoms in total. The van der Waals surface area contributed by atoms with E-state index in [1.807, 2.05) is 120 Å². The van der Waals surface area contributed by atoms with Crippen molar-refractivity contribution in [3.63, 3.8) is 0 Å². The van der Waals surface area contributed by atoms with E-state index in [1.165, 1.54) is 33.1 Å². The number of carbonyl (C=O) groups excluding carboxylic acids is 6. The van der Waals surface area contributed by atoms with Crippen molar-refractivity contribution in [2.75, 3.05) is 23.7 Å². The normalized spacial score (nSPS) is 29.0. The first-order valence-corrected chi connectivity index (χ1v) is 37.7. The molecule has 94 heavy (non-hydrogen) atoms. The predicted molar refractivity (Wildman–Crippen MR) is 364 cm³/mol. The van der Waals surface area contributed by atoms with E-state index in [0.717, 1.165) is 72.2 Å². The van der Waals surface area contributed by atoms with Crippen LogP contribution in [0, 0.1) is 11.8 Å². The summed E-state index contributed by atoms with van der Waals surface area (Å²) in [7, 11) is -7.62. The van der Waals surface area contributed by atoms with Crippen LogP contribution in [-0.4, -0.2) is 154 Å². The molecule has 4 aliphatic carbocycles. The lowest BCUT2D eigenvalue weighted by atomic mass is 10.1. The summed E-state index contributed by atoms with van der Waals surface area (Å²) in [6.07, 6.45) is 20.7. The lowest BCUT2D eigenvalue weighted by Gasteiger charge is -2.30. The molecule has 4 aliphatic heterocycles. The van der Waals surface area contributed by atoms with Crippen molar-refractivity contribution in [1.82, 2.24) is 39.8 Å². The second-order valence-electron chi connectivity index (χ2n) is 27.4. The second-order valence-corrected chi connectivity index (χ2v) is 33.4. The fourth-order valence-electron chi connectivity index (χ4n) is 12.6. The number of rotatable bonds is 13. The first-order valence-electron chi connectivity index (χ1n) is 33.0. The molecule has 6 amide bonds. The molecule has 0 unspecified atom stereocenters. The van der Waals surface area contributed by atoms with Crippen LogP contribution in [0.2, 0.25) is 0 Å². The standard InChI is InChI=1S/C34H45N5O6S2.C30H37N5O6S2.C4H8/c1-33(2,3)45-24-18-27-29(40)37-34(31(42)38-47(43,44)25-16-17-25)19-23(34)14-10-5-4-6-11-15-26(30(41)39(27)21-24)36-32-35-20-28(46-32)22-12-8-7-9-13-22;36-21-15-24-26(37)33-30(28(39)34-43(40,41)22-13-14-22)16-20(30)11-7-2-1-3-8-12-23(27(38)35(24)18-21)32-29-31-17-25(42-29)19-9-5-4-6-10-19;1-4(2)3/h7-10,12-14,20,23-27H,4-6,11,15-19,21H2,1-3H3,(H,35,36)(H,37,40)(H,38,42);4-7,9-11,17,20-24,36H,1-3,8,12-16,18H2,(H,31,32)(H,33,37)(H,34,39);1H2,2-3H3/b14-10-;11-7-;/t23-,24-,26+,27+,34-;20-,21-,23+,24+,30-;/m11./s1. The summed E-state index contributed by atoms with van der Waals surface area (Å²) in [5, 5.41) is 23.1. The number of nitrogens with one attached hydrogen (secondary N) is 6. The molecule has 8 aliphatic rings. The molecule has 2 aromatic heterocycles. The van der Waals surface area contributed by atoms with Gasteiger partial charge in [-0.1, -0.05) is 139 Å². The number of carbonyl (C=O) groups is 6. The fraction of sp³-hybridized carbons (Fsp3) is 0.559. The van der Waals surface area contributed by atoms with Gasteiger partial charge in [-0.15, -0.1) is 6.58 Å². The number of nitrogens with zero attached hydrogens (tertiary/aromatic N) is 4. The van der Waals surface area contributed by atoms with Crippen molar-refractivity contribution in [1.29, 1.82) is 0 Å². The van der Waals surface area contributed by atoms with Crippen LogP contribution in [0.5, 0.6) is 0 Å². The smallest absolute Gasteiger partial charge is 0.259 e. The average Bonchev–Trinajstić information content (AvgIpc) is 1.58. The molecule has 26 heteroatoms. The number of aliphatic hydroxyl groups is 1. The van der Waals surface area contributed by atoms with Gasteiger partial charge in [-0.3, -0.25) is 38.2 Å². The van der Waals surface area contributed by atoms with E-state index in [1.54, 1.807) is 17.3 Å². The topological polar surface area (TPSA) is 305 Å². The van der Waals surface area contributed by atoms with Crippen LogP contribution < -0.4 is 30.7 Å². The lowest BCUT2D eigenvalue weighted by Crippen LogP contribution is -2.57. The van der Waals surface area contributed by atoms with Crippen LogP contribution in [0.1, 0.15) is 150 Å². The van der Waals surface area contributed by atoms with Crippen molar-refractivity contribution >= 4 is 88.4 Å². The van der Waals surface area contributed by atoms with Crippen LogP contribution in [0.25, 0.3) is 20.9 Å². The molecule has 0 spiro atoms. The quantitative estimate of drug-likeness (QED) is 0.0617. The molecule has 10 atom stereocenters. The van der Waals surface area contributed by atoms with Gasteiger partial charge in [0.1, 0.15) is 35.2 Å².